The van der Waals surface area contributed by atoms with Gasteiger partial charge in [0.15, 0.2) is 0 Å². The molecule has 114 valence electrons. The topological polar surface area (TPSA) is 58.6 Å². The zero-order chi connectivity index (χ0) is 15.4. The number of morpholine rings is 1. The number of halogens is 2. The van der Waals surface area contributed by atoms with E-state index in [9.17, 15) is 9.59 Å². The molecule has 1 atom stereocenters. The number of hydrogen-bond acceptors (Lipinski definition) is 3. The van der Waals surface area contributed by atoms with E-state index in [0.29, 0.717) is 34.8 Å². The van der Waals surface area contributed by atoms with Gasteiger partial charge in [0.1, 0.15) is 6.04 Å². The fourth-order valence-corrected chi connectivity index (χ4v) is 2.65. The van der Waals surface area contributed by atoms with Crippen molar-refractivity contribution in [1.82, 2.24) is 10.2 Å². The molecular weight excluding hydrogens is 360 g/mol. The highest BCUT2D eigenvalue weighted by molar-refractivity contribution is 9.10. The Morgan fingerprint density at radius 1 is 1.52 bits per heavy atom. The molecule has 2 amide bonds. The summed E-state index contributed by atoms with van der Waals surface area (Å²) >= 11 is 9.24. The SMILES string of the molecule is CCNC(=O)C1COCCN1C(=O)c1ccc(Cl)c(Br)c1. The van der Waals surface area contributed by atoms with Gasteiger partial charge in [-0.05, 0) is 41.1 Å². The number of nitrogens with one attached hydrogen (secondary N) is 1. The molecule has 1 aromatic carbocycles. The van der Waals surface area contributed by atoms with Crippen LogP contribution in [-0.4, -0.2) is 49.1 Å². The van der Waals surface area contributed by atoms with E-state index in [1.54, 1.807) is 23.1 Å². The van der Waals surface area contributed by atoms with Gasteiger partial charge in [-0.3, -0.25) is 9.59 Å². The smallest absolute Gasteiger partial charge is 0.254 e. The largest absolute Gasteiger partial charge is 0.377 e. The van der Waals surface area contributed by atoms with Crippen LogP contribution in [0.5, 0.6) is 0 Å². The minimum absolute atomic E-state index is 0.196. The number of amides is 2. The standard InChI is InChI=1S/C14H16BrClN2O3/c1-2-17-13(19)12-8-21-6-5-18(12)14(20)9-3-4-11(16)10(15)7-9/h3-4,7,12H,2,5-6,8H2,1H3,(H,17,19). The Morgan fingerprint density at radius 2 is 2.29 bits per heavy atom. The predicted octanol–water partition coefficient (Wildman–Crippen LogP) is 2.08. The normalized spacial score (nSPS) is 18.4. The van der Waals surface area contributed by atoms with Crippen molar-refractivity contribution in [3.63, 3.8) is 0 Å². The molecule has 1 N–H and O–H groups in total. The van der Waals surface area contributed by atoms with Crippen molar-refractivity contribution in [2.45, 2.75) is 13.0 Å². The van der Waals surface area contributed by atoms with E-state index in [1.165, 1.54) is 0 Å². The van der Waals surface area contributed by atoms with E-state index < -0.39 is 6.04 Å². The first-order valence-electron chi connectivity index (χ1n) is 6.66. The van der Waals surface area contributed by atoms with Crippen LogP contribution in [0.25, 0.3) is 0 Å². The van der Waals surface area contributed by atoms with E-state index >= 15 is 0 Å². The molecule has 1 unspecified atom stereocenters. The number of nitrogens with zero attached hydrogens (tertiary/aromatic N) is 1. The minimum atomic E-state index is -0.597. The first-order valence-corrected chi connectivity index (χ1v) is 7.83. The van der Waals surface area contributed by atoms with Gasteiger partial charge in [-0.1, -0.05) is 11.6 Å². The molecule has 7 heteroatoms. The van der Waals surface area contributed by atoms with E-state index in [4.69, 9.17) is 16.3 Å². The van der Waals surface area contributed by atoms with Gasteiger partial charge in [0.05, 0.1) is 18.2 Å². The molecule has 0 spiro atoms. The van der Waals surface area contributed by atoms with Gasteiger partial charge in [0, 0.05) is 23.1 Å². The van der Waals surface area contributed by atoms with Gasteiger partial charge in [0.25, 0.3) is 5.91 Å². The highest BCUT2D eigenvalue weighted by Crippen LogP contribution is 2.24. The Morgan fingerprint density at radius 3 is 2.95 bits per heavy atom. The predicted molar refractivity (Wildman–Crippen MR) is 83.5 cm³/mol. The zero-order valence-electron chi connectivity index (χ0n) is 11.6. The van der Waals surface area contributed by atoms with Crippen LogP contribution in [0.1, 0.15) is 17.3 Å². The van der Waals surface area contributed by atoms with Crippen molar-refractivity contribution >= 4 is 39.3 Å². The summed E-state index contributed by atoms with van der Waals surface area (Å²) in [5.41, 5.74) is 0.488. The third kappa shape index (κ3) is 3.75. The summed E-state index contributed by atoms with van der Waals surface area (Å²) < 4.78 is 5.97. The molecule has 5 nitrogen and oxygen atoms in total. The molecule has 0 radical (unpaired) electrons. The molecule has 1 aromatic rings. The van der Waals surface area contributed by atoms with E-state index in [1.807, 2.05) is 6.92 Å². The molecule has 1 aliphatic heterocycles. The van der Waals surface area contributed by atoms with Crippen LogP contribution in [0.15, 0.2) is 22.7 Å². The lowest BCUT2D eigenvalue weighted by molar-refractivity contribution is -0.130. The van der Waals surface area contributed by atoms with Gasteiger partial charge in [-0.2, -0.15) is 0 Å². The second-order valence-corrected chi connectivity index (χ2v) is 5.87. The molecule has 0 bridgehead atoms. The Kier molecular flexibility index (Phi) is 5.61. The van der Waals surface area contributed by atoms with Crippen molar-refractivity contribution < 1.29 is 14.3 Å². The second kappa shape index (κ2) is 7.24. The van der Waals surface area contributed by atoms with E-state index in [-0.39, 0.29) is 18.4 Å². The van der Waals surface area contributed by atoms with E-state index in [0.717, 1.165) is 0 Å². The van der Waals surface area contributed by atoms with Crippen LogP contribution < -0.4 is 5.32 Å². The number of rotatable bonds is 3. The number of likely N-dealkylation sites (N-methyl/N-ethyl adjacent to an activating group) is 1. The van der Waals surface area contributed by atoms with Crippen LogP contribution in [0.2, 0.25) is 5.02 Å². The Balaban J connectivity index is 2.21. The number of carbonyl (C=O) groups excluding carboxylic acids is 2. The van der Waals surface area contributed by atoms with Crippen LogP contribution in [0.4, 0.5) is 0 Å². The summed E-state index contributed by atoms with van der Waals surface area (Å²) in [5, 5.41) is 3.26. The third-order valence-corrected chi connectivity index (χ3v) is 4.42. The van der Waals surface area contributed by atoms with Crippen molar-refractivity contribution in [2.75, 3.05) is 26.3 Å². The molecule has 0 aromatic heterocycles. The first-order chi connectivity index (χ1) is 10.0. The molecule has 0 saturated carbocycles. The summed E-state index contributed by atoms with van der Waals surface area (Å²) in [7, 11) is 0. The second-order valence-electron chi connectivity index (χ2n) is 4.61. The van der Waals surface area contributed by atoms with Crippen LogP contribution in [-0.2, 0) is 9.53 Å². The summed E-state index contributed by atoms with van der Waals surface area (Å²) in [6.07, 6.45) is 0. The van der Waals surface area contributed by atoms with E-state index in [2.05, 4.69) is 21.2 Å². The molecule has 2 rings (SSSR count). The molecule has 1 heterocycles. The fourth-order valence-electron chi connectivity index (χ4n) is 2.15. The Bertz CT molecular complexity index is 553. The number of benzene rings is 1. The summed E-state index contributed by atoms with van der Waals surface area (Å²) in [6, 6.07) is 4.37. The highest BCUT2D eigenvalue weighted by atomic mass is 79.9. The minimum Gasteiger partial charge on any atom is -0.377 e. The van der Waals surface area contributed by atoms with Gasteiger partial charge < -0.3 is 15.0 Å². The maximum absolute atomic E-state index is 12.6. The number of hydrogen-bond donors (Lipinski definition) is 1. The summed E-state index contributed by atoms with van der Waals surface area (Å²) in [4.78, 5) is 26.2. The van der Waals surface area contributed by atoms with Crippen LogP contribution in [0, 0.1) is 0 Å². The number of carbonyl (C=O) groups is 2. The zero-order valence-corrected chi connectivity index (χ0v) is 13.9. The van der Waals surface area contributed by atoms with Crippen molar-refractivity contribution in [1.29, 1.82) is 0 Å². The Hall–Kier alpha value is -1.11. The maximum atomic E-state index is 12.6. The highest BCUT2D eigenvalue weighted by Gasteiger charge is 2.33. The van der Waals surface area contributed by atoms with Crippen molar-refractivity contribution in [3.8, 4) is 0 Å². The van der Waals surface area contributed by atoms with Crippen LogP contribution in [0.3, 0.4) is 0 Å². The van der Waals surface area contributed by atoms with Gasteiger partial charge in [-0.25, -0.2) is 0 Å². The lowest BCUT2D eigenvalue weighted by atomic mass is 10.1. The van der Waals surface area contributed by atoms with Gasteiger partial charge in [0.2, 0.25) is 5.91 Å². The fraction of sp³-hybridized carbons (Fsp3) is 0.429. The maximum Gasteiger partial charge on any atom is 0.254 e. The average Bonchev–Trinajstić information content (AvgIpc) is 2.49. The first kappa shape index (κ1) is 16.3. The van der Waals surface area contributed by atoms with Gasteiger partial charge in [-0.15, -0.1) is 0 Å². The quantitative estimate of drug-likeness (QED) is 0.880. The monoisotopic (exact) mass is 374 g/mol. The summed E-state index contributed by atoms with van der Waals surface area (Å²) in [5.74, 6) is -0.398. The van der Waals surface area contributed by atoms with Crippen LogP contribution >= 0.6 is 27.5 Å². The molecule has 1 saturated heterocycles. The third-order valence-electron chi connectivity index (χ3n) is 3.21. The Labute approximate surface area is 136 Å². The lowest BCUT2D eigenvalue weighted by Crippen LogP contribution is -2.55. The molecule has 21 heavy (non-hydrogen) atoms. The lowest BCUT2D eigenvalue weighted by Gasteiger charge is -2.34. The van der Waals surface area contributed by atoms with Crippen molar-refractivity contribution in [3.05, 3.63) is 33.3 Å². The molecular formula is C14H16BrClN2O3. The molecule has 1 fully saturated rings. The van der Waals surface area contributed by atoms with Crippen molar-refractivity contribution in [2.24, 2.45) is 0 Å². The average molecular weight is 376 g/mol. The molecule has 0 aliphatic carbocycles. The number of ether oxygens (including phenoxy) is 1. The molecule has 1 aliphatic rings. The van der Waals surface area contributed by atoms with Gasteiger partial charge >= 0.3 is 0 Å². The summed E-state index contributed by atoms with van der Waals surface area (Å²) in [6.45, 7) is 3.39.